The first-order valence-corrected chi connectivity index (χ1v) is 14.1. The number of aryl methyl sites for hydroxylation is 5. The van der Waals surface area contributed by atoms with Crippen LogP contribution in [0.4, 0.5) is 0 Å². The number of rotatable bonds is 5. The number of ether oxygens (including phenoxy) is 3. The molecule has 0 saturated carbocycles. The normalized spacial score (nSPS) is 9.69. The van der Waals surface area contributed by atoms with Crippen molar-refractivity contribution < 1.29 is 14.2 Å². The Morgan fingerprint density at radius 1 is 0.714 bits per heavy atom. The highest BCUT2D eigenvalue weighted by Gasteiger charge is 2.06. The molecule has 12 nitrogen and oxygen atoms in total. The molecule has 0 unspecified atom stereocenters. The minimum Gasteiger partial charge on any atom is -0.423 e. The van der Waals surface area contributed by atoms with Crippen LogP contribution in [0.25, 0.3) is 0 Å². The van der Waals surface area contributed by atoms with Crippen molar-refractivity contribution in [2.75, 3.05) is 0 Å². The Balaban J connectivity index is 0.000000221. The monoisotopic (exact) mass is 763 g/mol. The van der Waals surface area contributed by atoms with Gasteiger partial charge in [-0.3, -0.25) is 0 Å². The minimum atomic E-state index is 0. The molecule has 0 radical (unpaired) electrons. The molecule has 5 rings (SSSR count). The van der Waals surface area contributed by atoms with Gasteiger partial charge in [-0.15, -0.1) is 5.26 Å². The van der Waals surface area contributed by atoms with E-state index >= 15 is 0 Å². The molecule has 0 atom stereocenters. The molecule has 42 heavy (non-hydrogen) atoms. The Labute approximate surface area is 269 Å². The van der Waals surface area contributed by atoms with E-state index in [9.17, 15) is 0 Å². The van der Waals surface area contributed by atoms with E-state index in [2.05, 4.69) is 83.5 Å². The van der Waals surface area contributed by atoms with Crippen LogP contribution in [0.1, 0.15) is 24.1 Å². The third-order valence-corrected chi connectivity index (χ3v) is 7.65. The van der Waals surface area contributed by atoms with E-state index < -0.39 is 0 Å². The van der Waals surface area contributed by atoms with Gasteiger partial charge in [-0.25, -0.2) is 0 Å². The molecule has 0 aliphatic heterocycles. The molecule has 0 aliphatic rings. The molecular weight excluding hydrogens is 738 g/mol. The Morgan fingerprint density at radius 2 is 1.21 bits per heavy atom. The average Bonchev–Trinajstić information content (AvgIpc) is 3.54. The van der Waals surface area contributed by atoms with Crippen LogP contribution in [0, 0.1) is 32.3 Å². The summed E-state index contributed by atoms with van der Waals surface area (Å²) in [5, 5.41) is 30.4. The van der Waals surface area contributed by atoms with Crippen molar-refractivity contribution in [2.45, 2.75) is 28.2 Å². The van der Waals surface area contributed by atoms with Crippen LogP contribution in [0.5, 0.6) is 29.3 Å². The number of aromatic nitrogens is 8. The molecule has 0 amide bonds. The fraction of sp³-hybridized carbons (Fsp3) is 0.222. The van der Waals surface area contributed by atoms with Crippen LogP contribution >= 0.6 is 47.8 Å². The van der Waals surface area contributed by atoms with E-state index in [1.54, 1.807) is 32.5 Å². The van der Waals surface area contributed by atoms with Gasteiger partial charge < -0.3 is 14.2 Å². The minimum absolute atomic E-state index is 0. The van der Waals surface area contributed by atoms with Crippen molar-refractivity contribution in [2.24, 2.45) is 14.1 Å². The van der Waals surface area contributed by atoms with Gasteiger partial charge >= 0.3 is 12.0 Å². The van der Waals surface area contributed by atoms with Crippen LogP contribution in [-0.2, 0) is 14.1 Å². The molecule has 0 spiro atoms. The molecular formula is C27H28Br3N9O3. The Morgan fingerprint density at radius 3 is 1.64 bits per heavy atom. The maximum Gasteiger partial charge on any atom is 0.361 e. The van der Waals surface area contributed by atoms with Gasteiger partial charge in [0.1, 0.15) is 17.2 Å². The van der Waals surface area contributed by atoms with Crippen LogP contribution in [0.15, 0.2) is 68.0 Å². The molecule has 15 heteroatoms. The second kappa shape index (κ2) is 16.5. The zero-order valence-electron chi connectivity index (χ0n) is 22.6. The summed E-state index contributed by atoms with van der Waals surface area (Å²) in [5.41, 5.74) is 3.42. The molecule has 0 fully saturated rings. The summed E-state index contributed by atoms with van der Waals surface area (Å²) in [5.74, 6) is 1.94. The second-order valence-corrected chi connectivity index (χ2v) is 10.8. The number of tetrazole rings is 2. The van der Waals surface area contributed by atoms with Crippen molar-refractivity contribution in [3.05, 3.63) is 84.7 Å². The summed E-state index contributed by atoms with van der Waals surface area (Å²) in [6.45, 7) is 5.99. The van der Waals surface area contributed by atoms with E-state index in [1.807, 2.05) is 63.2 Å². The van der Waals surface area contributed by atoms with Crippen molar-refractivity contribution >= 4 is 47.8 Å². The zero-order valence-corrected chi connectivity index (χ0v) is 27.3. The number of hydrogen-bond acceptors (Lipinski definition) is 10. The van der Waals surface area contributed by atoms with Crippen molar-refractivity contribution in [1.82, 2.24) is 40.4 Å². The lowest BCUT2D eigenvalue weighted by atomic mass is 10.2. The van der Waals surface area contributed by atoms with Gasteiger partial charge in [-0.1, -0.05) is 88.7 Å². The summed E-state index contributed by atoms with van der Waals surface area (Å²) < 4.78 is 19.9. The van der Waals surface area contributed by atoms with Gasteiger partial charge in [0.2, 0.25) is 0 Å². The topological polar surface area (TPSA) is 139 Å². The molecule has 0 bridgehead atoms. The van der Waals surface area contributed by atoms with Crippen molar-refractivity contribution in [1.29, 1.82) is 5.26 Å². The standard InChI is InChI=1S/2C9H9BrN4O.C8H6BrNO.CH4/c1-6-3-4-7(5-8(6)10)15-9-11-12-13-14(9)2;1-6-3-4-7(5-8(6)10)15-9-11-13-14(2)12-9;1-6-2-3-7(11-5-10)4-8(6)9;/h2*3-5H,1-2H3;2-4H,1H3;1H4. The van der Waals surface area contributed by atoms with E-state index in [0.717, 1.165) is 30.1 Å². The Bertz CT molecular complexity index is 1650. The smallest absolute Gasteiger partial charge is 0.361 e. The fourth-order valence-corrected chi connectivity index (χ4v) is 3.86. The molecule has 0 saturated heterocycles. The summed E-state index contributed by atoms with van der Waals surface area (Å²) in [6, 6.07) is 17.4. The summed E-state index contributed by atoms with van der Waals surface area (Å²) in [7, 11) is 3.41. The summed E-state index contributed by atoms with van der Waals surface area (Å²) >= 11 is 10.2. The molecule has 2 heterocycles. The lowest BCUT2D eigenvalue weighted by molar-refractivity contribution is 0.414. The van der Waals surface area contributed by atoms with E-state index in [-0.39, 0.29) is 13.4 Å². The van der Waals surface area contributed by atoms with Gasteiger partial charge in [0.05, 0.1) is 7.05 Å². The van der Waals surface area contributed by atoms with Crippen LogP contribution < -0.4 is 14.2 Å². The summed E-state index contributed by atoms with van der Waals surface area (Å²) in [6.07, 6.45) is 1.61. The highest BCUT2D eigenvalue weighted by molar-refractivity contribution is 9.11. The van der Waals surface area contributed by atoms with Gasteiger partial charge in [0.25, 0.3) is 6.26 Å². The predicted molar refractivity (Wildman–Crippen MR) is 167 cm³/mol. The Kier molecular flexibility index (Phi) is 13.5. The highest BCUT2D eigenvalue weighted by Crippen LogP contribution is 2.26. The van der Waals surface area contributed by atoms with Gasteiger partial charge in [-0.2, -0.15) is 9.48 Å². The number of benzene rings is 3. The SMILES string of the molecule is C.Cc1ccc(OC#N)cc1Br.Cc1ccc(Oc2nnn(C)n2)cc1Br.Cc1ccc(Oc2nnnn2C)cc1Br. The lowest BCUT2D eigenvalue weighted by Gasteiger charge is -2.04. The van der Waals surface area contributed by atoms with Crippen LogP contribution in [-0.4, -0.2) is 40.4 Å². The van der Waals surface area contributed by atoms with Gasteiger partial charge in [0, 0.05) is 20.5 Å². The molecule has 3 aromatic carbocycles. The van der Waals surface area contributed by atoms with Gasteiger partial charge in [0.15, 0.2) is 0 Å². The summed E-state index contributed by atoms with van der Waals surface area (Å²) in [4.78, 5) is 1.35. The van der Waals surface area contributed by atoms with E-state index in [1.165, 1.54) is 9.48 Å². The quantitative estimate of drug-likeness (QED) is 0.166. The first-order chi connectivity index (χ1) is 19.5. The van der Waals surface area contributed by atoms with E-state index in [0.29, 0.717) is 23.3 Å². The number of halogens is 3. The molecule has 220 valence electrons. The first kappa shape index (κ1) is 34.3. The first-order valence-electron chi connectivity index (χ1n) is 11.7. The van der Waals surface area contributed by atoms with Crippen LogP contribution in [0.2, 0.25) is 0 Å². The Hall–Kier alpha value is -3.87. The number of hydrogen-bond donors (Lipinski definition) is 0. The third-order valence-electron chi connectivity index (χ3n) is 5.08. The molecule has 2 aromatic heterocycles. The second-order valence-electron chi connectivity index (χ2n) is 8.28. The van der Waals surface area contributed by atoms with E-state index in [4.69, 9.17) is 14.7 Å². The highest BCUT2D eigenvalue weighted by atomic mass is 79.9. The predicted octanol–water partition coefficient (Wildman–Crippen LogP) is 7.40. The number of nitrogens with zero attached hydrogens (tertiary/aromatic N) is 9. The largest absolute Gasteiger partial charge is 0.423 e. The zero-order chi connectivity index (χ0) is 29.9. The lowest BCUT2D eigenvalue weighted by Crippen LogP contribution is -1.96. The van der Waals surface area contributed by atoms with Crippen molar-refractivity contribution in [3.63, 3.8) is 0 Å². The average molecular weight is 766 g/mol. The maximum atomic E-state index is 8.19. The maximum absolute atomic E-state index is 8.19. The molecule has 5 aromatic rings. The number of nitriles is 1. The molecule has 0 N–H and O–H groups in total. The van der Waals surface area contributed by atoms with Crippen LogP contribution in [0.3, 0.4) is 0 Å². The fourth-order valence-electron chi connectivity index (χ4n) is 2.79. The third kappa shape index (κ3) is 10.5. The molecule has 0 aliphatic carbocycles. The van der Waals surface area contributed by atoms with Crippen molar-refractivity contribution in [3.8, 4) is 35.5 Å². The van der Waals surface area contributed by atoms with Gasteiger partial charge in [-0.05, 0) is 89.5 Å².